The number of rotatable bonds is 16. The van der Waals surface area contributed by atoms with Crippen molar-refractivity contribution in [1.29, 1.82) is 0 Å². The molecule has 2 aromatic carbocycles. The van der Waals surface area contributed by atoms with E-state index in [1.54, 1.807) is 78.8 Å². The van der Waals surface area contributed by atoms with Crippen LogP contribution in [0.5, 0.6) is 0 Å². The summed E-state index contributed by atoms with van der Waals surface area (Å²) in [5.41, 5.74) is 2.01. The van der Waals surface area contributed by atoms with Gasteiger partial charge in [0.15, 0.2) is 0 Å². The third-order valence-electron chi connectivity index (χ3n) is 5.52. The number of benzene rings is 2. The molecule has 0 aliphatic carbocycles. The number of hydrogen-bond donors (Lipinski definition) is 0. The number of hydrogen-bond acceptors (Lipinski definition) is 10. The first-order valence-corrected chi connectivity index (χ1v) is 27.4. The Labute approximate surface area is 304 Å². The van der Waals surface area contributed by atoms with E-state index in [1.807, 2.05) is 37.4 Å². The molecule has 2 aliphatic rings. The standard InChI is InChI=1S/C28H32O6S6Se4/c1-5-41-27-23(35-17-15-33-39(29,30)21-11-7-19(3)8-12-21)37-25(43-27)26-38-24(28(44-26)42-6-2)36-18-16-34-40(31,32)22-13-9-20(4)10-14-22/h7-14H,5-6,15-18H2,1-4H3/b26-25+. The Bertz CT molecular complexity index is 1500. The van der Waals surface area contributed by atoms with Crippen molar-refractivity contribution in [3.8, 4) is 0 Å². The minimum absolute atomic E-state index is 0.141. The molecule has 2 aliphatic heterocycles. The summed E-state index contributed by atoms with van der Waals surface area (Å²) in [6, 6.07) is 13.5. The average Bonchev–Trinajstić information content (AvgIpc) is 3.58. The van der Waals surface area contributed by atoms with Gasteiger partial charge in [-0.15, -0.1) is 0 Å². The normalized spacial score (nSPS) is 17.7. The van der Waals surface area contributed by atoms with E-state index in [2.05, 4.69) is 13.8 Å². The van der Waals surface area contributed by atoms with Crippen molar-refractivity contribution in [1.82, 2.24) is 0 Å². The molecule has 0 unspecified atom stereocenters. The van der Waals surface area contributed by atoms with Gasteiger partial charge in [0, 0.05) is 0 Å². The zero-order chi connectivity index (χ0) is 31.7. The Morgan fingerprint density at radius 2 is 1.02 bits per heavy atom. The van der Waals surface area contributed by atoms with Gasteiger partial charge in [-0.05, 0) is 0 Å². The third kappa shape index (κ3) is 11.0. The molecule has 0 atom stereocenters. The molecule has 0 saturated heterocycles. The van der Waals surface area contributed by atoms with Crippen LogP contribution in [-0.2, 0) is 28.6 Å². The van der Waals surface area contributed by atoms with E-state index in [0.29, 0.717) is 71.3 Å². The van der Waals surface area contributed by atoms with Gasteiger partial charge in [0.25, 0.3) is 0 Å². The van der Waals surface area contributed by atoms with Gasteiger partial charge in [-0.25, -0.2) is 0 Å². The molecule has 4 rings (SSSR count). The van der Waals surface area contributed by atoms with Gasteiger partial charge in [0.05, 0.1) is 0 Å². The van der Waals surface area contributed by atoms with Crippen molar-refractivity contribution in [2.75, 3.05) is 24.7 Å². The fourth-order valence-electron chi connectivity index (χ4n) is 3.43. The first kappa shape index (κ1) is 37.8. The van der Waals surface area contributed by atoms with Crippen molar-refractivity contribution in [2.45, 2.75) is 48.1 Å². The van der Waals surface area contributed by atoms with E-state index in [0.717, 1.165) is 21.8 Å². The maximum atomic E-state index is 12.6. The molecular formula is C28H32O6S6Se4. The average molecular weight is 973 g/mol. The van der Waals surface area contributed by atoms with Crippen LogP contribution in [0.25, 0.3) is 0 Å². The fourth-order valence-corrected chi connectivity index (χ4v) is 28.7. The predicted molar refractivity (Wildman–Crippen MR) is 194 cm³/mol. The van der Waals surface area contributed by atoms with Crippen molar-refractivity contribution >= 4 is 127 Å². The van der Waals surface area contributed by atoms with Gasteiger partial charge in [0.1, 0.15) is 0 Å². The summed E-state index contributed by atoms with van der Waals surface area (Å²) in [7, 11) is -7.52. The number of thioether (sulfide) groups is 4. The molecule has 240 valence electrons. The van der Waals surface area contributed by atoms with Gasteiger partial charge in [-0.2, -0.15) is 0 Å². The van der Waals surface area contributed by atoms with Crippen molar-refractivity contribution in [2.24, 2.45) is 0 Å². The molecule has 6 nitrogen and oxygen atoms in total. The van der Waals surface area contributed by atoms with E-state index in [9.17, 15) is 16.8 Å². The monoisotopic (exact) mass is 976 g/mol. The zero-order valence-corrected chi connectivity index (χ0v) is 36.1. The summed E-state index contributed by atoms with van der Waals surface area (Å²) in [6.07, 6.45) is 0. The van der Waals surface area contributed by atoms with Crippen LogP contribution in [0.4, 0.5) is 0 Å². The quantitative estimate of drug-likeness (QED) is 0.106. The Morgan fingerprint density at radius 3 is 1.36 bits per heavy atom. The molecule has 0 bridgehead atoms. The minimum atomic E-state index is -3.76. The molecule has 0 saturated carbocycles. The zero-order valence-electron chi connectivity index (χ0n) is 24.4. The molecule has 0 fully saturated rings. The van der Waals surface area contributed by atoms with Gasteiger partial charge < -0.3 is 0 Å². The molecular weight excluding hydrogens is 941 g/mol. The molecule has 0 radical (unpaired) electrons. The third-order valence-corrected chi connectivity index (χ3v) is 29.1. The second-order valence-corrected chi connectivity index (χ2v) is 30.3. The van der Waals surface area contributed by atoms with Crippen LogP contribution in [0.3, 0.4) is 0 Å². The van der Waals surface area contributed by atoms with Gasteiger partial charge in [-0.3, -0.25) is 0 Å². The van der Waals surface area contributed by atoms with Gasteiger partial charge >= 0.3 is 308 Å². The van der Waals surface area contributed by atoms with Gasteiger partial charge in [0.2, 0.25) is 0 Å². The van der Waals surface area contributed by atoms with Crippen LogP contribution < -0.4 is 0 Å². The summed E-state index contributed by atoms with van der Waals surface area (Å²) in [6.45, 7) is 8.58. The fraction of sp³-hybridized carbons (Fsp3) is 0.357. The molecule has 44 heavy (non-hydrogen) atoms. The summed E-state index contributed by atoms with van der Waals surface area (Å²) in [4.78, 5) is 0.386. The van der Waals surface area contributed by atoms with Gasteiger partial charge in [-0.1, -0.05) is 0 Å². The second kappa shape index (κ2) is 18.1. The molecule has 0 N–H and O–H groups in total. The van der Waals surface area contributed by atoms with Crippen molar-refractivity contribution in [3.05, 3.63) is 82.5 Å². The second-order valence-electron chi connectivity index (χ2n) is 8.87. The van der Waals surface area contributed by atoms with Crippen LogP contribution in [0.15, 0.2) is 81.1 Å². The SMILES string of the molecule is CC[Se]C1=C(SCCOS(=O)(=O)c2ccc(C)cc2)S/C(=C2/SC(SCCOS(=O)(=O)c3ccc(C)cc3)=C([Se]CC)[Se]2)[Se]1. The molecule has 2 heterocycles. The Kier molecular flexibility index (Phi) is 15.5. The van der Waals surface area contributed by atoms with E-state index < -0.39 is 20.2 Å². The summed E-state index contributed by atoms with van der Waals surface area (Å²) in [5.74, 6) is 1.17. The van der Waals surface area contributed by atoms with Crippen molar-refractivity contribution < 1.29 is 25.2 Å². The van der Waals surface area contributed by atoms with E-state index in [1.165, 1.54) is 16.1 Å². The van der Waals surface area contributed by atoms with E-state index >= 15 is 0 Å². The Balaban J connectivity index is 1.31. The first-order valence-electron chi connectivity index (χ1n) is 13.4. The first-order chi connectivity index (χ1) is 21.0. The Morgan fingerprint density at radius 1 is 0.659 bits per heavy atom. The Hall–Kier alpha value is 0.958. The molecule has 2 aromatic rings. The topological polar surface area (TPSA) is 86.7 Å². The molecule has 16 heteroatoms. The van der Waals surface area contributed by atoms with Crippen LogP contribution in [0.1, 0.15) is 25.0 Å². The summed E-state index contributed by atoms with van der Waals surface area (Å²) >= 11 is 8.69. The van der Waals surface area contributed by atoms with Crippen molar-refractivity contribution in [3.63, 3.8) is 0 Å². The maximum absolute atomic E-state index is 12.6. The van der Waals surface area contributed by atoms with Crippen LogP contribution >= 0.6 is 47.0 Å². The van der Waals surface area contributed by atoms with E-state index in [4.69, 9.17) is 8.37 Å². The van der Waals surface area contributed by atoms with Crippen LogP contribution in [0.2, 0.25) is 10.6 Å². The molecule has 0 spiro atoms. The van der Waals surface area contributed by atoms with Crippen LogP contribution in [0, 0.1) is 13.8 Å². The molecule has 0 aromatic heterocycles. The van der Waals surface area contributed by atoms with E-state index in [-0.39, 0.29) is 23.0 Å². The number of aryl methyl sites for hydroxylation is 2. The molecule has 0 amide bonds. The van der Waals surface area contributed by atoms with Crippen LogP contribution in [-0.4, -0.2) is 101 Å². The predicted octanol–water partition coefficient (Wildman–Crippen LogP) is 6.45. The summed E-state index contributed by atoms with van der Waals surface area (Å²) in [5, 5.41) is 2.28. The summed E-state index contributed by atoms with van der Waals surface area (Å²) < 4.78 is 69.8.